The van der Waals surface area contributed by atoms with Gasteiger partial charge in [0, 0.05) is 0 Å². The Balaban J connectivity index is 1.86. The monoisotopic (exact) mass is 257 g/mol. The number of carbonyl (C=O) groups is 2. The minimum Gasteiger partial charge on any atom is -0.469 e. The first-order chi connectivity index (χ1) is 8.31. The molecule has 18 heavy (non-hydrogen) atoms. The Morgan fingerprint density at radius 3 is 2.50 bits per heavy atom. The zero-order valence-electron chi connectivity index (χ0n) is 11.1. The summed E-state index contributed by atoms with van der Waals surface area (Å²) in [6, 6.07) is -0.172. The molecule has 0 aromatic carbocycles. The zero-order valence-corrected chi connectivity index (χ0v) is 11.1. The lowest BCUT2D eigenvalue weighted by atomic mass is 10.1. The predicted molar refractivity (Wildman–Crippen MR) is 61.9 cm³/mol. The molecule has 1 saturated heterocycles. The van der Waals surface area contributed by atoms with Crippen LogP contribution in [0.25, 0.3) is 0 Å². The van der Waals surface area contributed by atoms with Crippen LogP contribution in [0.15, 0.2) is 0 Å². The first-order valence-corrected chi connectivity index (χ1v) is 6.04. The van der Waals surface area contributed by atoms with Crippen LogP contribution in [0.3, 0.4) is 0 Å². The van der Waals surface area contributed by atoms with Crippen LogP contribution < -0.4 is 5.32 Å². The molecule has 1 N–H and O–H groups in total. The first kappa shape index (κ1) is 13.1. The van der Waals surface area contributed by atoms with Crippen molar-refractivity contribution in [2.24, 2.45) is 5.92 Å². The molecule has 2 rings (SSSR count). The van der Waals surface area contributed by atoms with E-state index in [1.54, 1.807) is 20.8 Å². The Labute approximate surface area is 106 Å². The summed E-state index contributed by atoms with van der Waals surface area (Å²) in [4.78, 5) is 23.1. The maximum absolute atomic E-state index is 11.6. The lowest BCUT2D eigenvalue weighted by Gasteiger charge is -2.22. The van der Waals surface area contributed by atoms with Gasteiger partial charge in [0.05, 0.1) is 25.2 Å². The van der Waals surface area contributed by atoms with Gasteiger partial charge in [-0.1, -0.05) is 0 Å². The number of epoxide rings is 1. The van der Waals surface area contributed by atoms with E-state index < -0.39 is 11.7 Å². The number of methoxy groups -OCH3 is 1. The molecule has 0 spiro atoms. The molecule has 0 aromatic rings. The number of rotatable bonds is 2. The highest BCUT2D eigenvalue weighted by atomic mass is 16.6. The summed E-state index contributed by atoms with van der Waals surface area (Å²) in [7, 11) is 1.36. The third-order valence-electron chi connectivity index (χ3n) is 3.07. The average molecular weight is 257 g/mol. The lowest BCUT2D eigenvalue weighted by Crippen LogP contribution is -2.41. The number of ether oxygens (including phenoxy) is 3. The molecule has 2 fully saturated rings. The topological polar surface area (TPSA) is 77.2 Å². The number of amides is 1. The second-order valence-electron chi connectivity index (χ2n) is 5.68. The summed E-state index contributed by atoms with van der Waals surface area (Å²) in [5, 5.41) is 2.74. The molecule has 1 heterocycles. The van der Waals surface area contributed by atoms with E-state index in [0.717, 1.165) is 0 Å². The van der Waals surface area contributed by atoms with Crippen molar-refractivity contribution in [2.45, 2.75) is 51.0 Å². The van der Waals surface area contributed by atoms with Gasteiger partial charge in [-0.05, 0) is 27.2 Å². The Morgan fingerprint density at radius 1 is 1.28 bits per heavy atom. The van der Waals surface area contributed by atoms with Crippen LogP contribution in [0.2, 0.25) is 0 Å². The summed E-state index contributed by atoms with van der Waals surface area (Å²) in [5.41, 5.74) is -0.533. The predicted octanol–water partition coefficient (Wildman–Crippen LogP) is 0.840. The van der Waals surface area contributed by atoms with E-state index >= 15 is 0 Å². The SMILES string of the molecule is COC(=O)[C@H]1C[C@@H](NC(=O)OC(C)(C)C)[C@H]2O[C@H]21. The Kier molecular flexibility index (Phi) is 3.23. The van der Waals surface area contributed by atoms with Crippen molar-refractivity contribution in [3.05, 3.63) is 0 Å². The molecule has 1 aliphatic heterocycles. The average Bonchev–Trinajstić information content (AvgIpc) is 2.94. The van der Waals surface area contributed by atoms with Crippen LogP contribution >= 0.6 is 0 Å². The van der Waals surface area contributed by atoms with Crippen molar-refractivity contribution in [1.82, 2.24) is 5.32 Å². The van der Waals surface area contributed by atoms with Crippen LogP contribution in [-0.4, -0.2) is 43.0 Å². The van der Waals surface area contributed by atoms with Gasteiger partial charge in [0.15, 0.2) is 0 Å². The van der Waals surface area contributed by atoms with Gasteiger partial charge in [-0.3, -0.25) is 4.79 Å². The van der Waals surface area contributed by atoms with E-state index in [9.17, 15) is 9.59 Å². The number of alkyl carbamates (subject to hydrolysis) is 1. The molecule has 0 radical (unpaired) electrons. The van der Waals surface area contributed by atoms with Crippen molar-refractivity contribution in [1.29, 1.82) is 0 Å². The fourth-order valence-electron chi connectivity index (χ4n) is 2.31. The summed E-state index contributed by atoms with van der Waals surface area (Å²) < 4.78 is 15.2. The molecule has 6 nitrogen and oxygen atoms in total. The molecule has 1 amide bonds. The van der Waals surface area contributed by atoms with Gasteiger partial charge >= 0.3 is 12.1 Å². The fourth-order valence-corrected chi connectivity index (χ4v) is 2.31. The van der Waals surface area contributed by atoms with Crippen molar-refractivity contribution >= 4 is 12.1 Å². The normalized spacial score (nSPS) is 33.6. The summed E-state index contributed by atoms with van der Waals surface area (Å²) in [5.74, 6) is -0.559. The molecular weight excluding hydrogens is 238 g/mol. The number of hydrogen-bond acceptors (Lipinski definition) is 5. The minimum absolute atomic E-state index is 0.0818. The van der Waals surface area contributed by atoms with Gasteiger partial charge in [-0.25, -0.2) is 4.79 Å². The van der Waals surface area contributed by atoms with E-state index in [1.807, 2.05) is 0 Å². The maximum Gasteiger partial charge on any atom is 0.407 e. The number of esters is 1. The van der Waals surface area contributed by atoms with E-state index in [2.05, 4.69) is 5.32 Å². The Hall–Kier alpha value is -1.30. The van der Waals surface area contributed by atoms with E-state index in [4.69, 9.17) is 14.2 Å². The summed E-state index contributed by atoms with van der Waals surface area (Å²) in [6.07, 6.45) is -0.132. The lowest BCUT2D eigenvalue weighted by molar-refractivity contribution is -0.146. The van der Waals surface area contributed by atoms with Crippen LogP contribution in [0.4, 0.5) is 4.79 Å². The van der Waals surface area contributed by atoms with Crippen molar-refractivity contribution in [2.75, 3.05) is 7.11 Å². The van der Waals surface area contributed by atoms with E-state index in [0.29, 0.717) is 6.42 Å². The molecule has 2 aliphatic rings. The fraction of sp³-hybridized carbons (Fsp3) is 0.833. The molecule has 0 unspecified atom stereocenters. The number of nitrogens with one attached hydrogen (secondary N) is 1. The van der Waals surface area contributed by atoms with Gasteiger partial charge < -0.3 is 19.5 Å². The summed E-state index contributed by atoms with van der Waals surface area (Å²) >= 11 is 0. The molecular formula is C12H19NO5. The van der Waals surface area contributed by atoms with Gasteiger partial charge in [0.2, 0.25) is 0 Å². The van der Waals surface area contributed by atoms with Crippen molar-refractivity contribution < 1.29 is 23.8 Å². The van der Waals surface area contributed by atoms with Crippen LogP contribution in [-0.2, 0) is 19.0 Å². The van der Waals surface area contributed by atoms with Gasteiger partial charge in [0.1, 0.15) is 11.7 Å². The molecule has 6 heteroatoms. The second-order valence-corrected chi connectivity index (χ2v) is 5.68. The van der Waals surface area contributed by atoms with Crippen LogP contribution in [0.1, 0.15) is 27.2 Å². The van der Waals surface area contributed by atoms with Gasteiger partial charge in [0.25, 0.3) is 0 Å². The maximum atomic E-state index is 11.6. The van der Waals surface area contributed by atoms with Crippen LogP contribution in [0.5, 0.6) is 0 Å². The molecule has 1 aliphatic carbocycles. The number of fused-ring (bicyclic) bond motifs is 1. The van der Waals surface area contributed by atoms with Gasteiger partial charge in [-0.15, -0.1) is 0 Å². The number of carbonyl (C=O) groups excluding carboxylic acids is 2. The minimum atomic E-state index is -0.533. The first-order valence-electron chi connectivity index (χ1n) is 6.04. The van der Waals surface area contributed by atoms with Crippen molar-refractivity contribution in [3.8, 4) is 0 Å². The molecule has 102 valence electrons. The highest BCUT2D eigenvalue weighted by Gasteiger charge is 2.60. The molecule has 1 saturated carbocycles. The molecule has 0 aromatic heterocycles. The third kappa shape index (κ3) is 2.75. The Bertz CT molecular complexity index is 362. The van der Waals surface area contributed by atoms with Gasteiger partial charge in [-0.2, -0.15) is 0 Å². The van der Waals surface area contributed by atoms with Crippen LogP contribution in [0, 0.1) is 5.92 Å². The van der Waals surface area contributed by atoms with E-state index in [-0.39, 0.29) is 30.1 Å². The highest BCUT2D eigenvalue weighted by molar-refractivity contribution is 5.75. The third-order valence-corrected chi connectivity index (χ3v) is 3.07. The zero-order chi connectivity index (χ0) is 13.5. The van der Waals surface area contributed by atoms with Crippen molar-refractivity contribution in [3.63, 3.8) is 0 Å². The second kappa shape index (κ2) is 4.42. The summed E-state index contributed by atoms with van der Waals surface area (Å²) in [6.45, 7) is 5.40. The quantitative estimate of drug-likeness (QED) is 0.586. The molecule has 0 bridgehead atoms. The Morgan fingerprint density at radius 2 is 1.94 bits per heavy atom. The number of hydrogen-bond donors (Lipinski definition) is 1. The standard InChI is InChI=1S/C12H19NO5/c1-12(2,3)18-11(15)13-7-5-6(10(14)16-4)8-9(7)17-8/h6-9H,5H2,1-4H3,(H,13,15)/t6-,7+,8-,9+/m0/s1. The highest BCUT2D eigenvalue weighted by Crippen LogP contribution is 2.43. The largest absolute Gasteiger partial charge is 0.469 e. The smallest absolute Gasteiger partial charge is 0.407 e. The molecule has 4 atom stereocenters. The van der Waals surface area contributed by atoms with E-state index in [1.165, 1.54) is 7.11 Å².